The van der Waals surface area contributed by atoms with Crippen molar-refractivity contribution in [3.8, 4) is 0 Å². The van der Waals surface area contributed by atoms with Crippen molar-refractivity contribution in [1.29, 1.82) is 0 Å². The van der Waals surface area contributed by atoms with Crippen LogP contribution in [0.5, 0.6) is 0 Å². The molecule has 0 bridgehead atoms. The van der Waals surface area contributed by atoms with Gasteiger partial charge in [-0.3, -0.25) is 14.4 Å². The number of rotatable bonds is 63. The van der Waals surface area contributed by atoms with Gasteiger partial charge in [-0.2, -0.15) is 0 Å². The third-order valence-corrected chi connectivity index (χ3v) is 15.3. The summed E-state index contributed by atoms with van der Waals surface area (Å²) in [6, 6.07) is 0. The lowest BCUT2D eigenvalue weighted by Crippen LogP contribution is -2.30. The normalized spacial score (nSPS) is 12.3. The minimum absolute atomic E-state index is 0.0795. The fourth-order valence-corrected chi connectivity index (χ4v) is 10.2. The maximum absolute atomic E-state index is 12.9. The molecule has 1 unspecified atom stereocenters. The molecule has 0 N–H and O–H groups in total. The predicted molar refractivity (Wildman–Crippen MR) is 335 cm³/mol. The number of ether oxygens (including phenoxy) is 3. The van der Waals surface area contributed by atoms with E-state index in [0.717, 1.165) is 83.5 Å². The van der Waals surface area contributed by atoms with Gasteiger partial charge in [0.25, 0.3) is 0 Å². The van der Waals surface area contributed by atoms with Crippen LogP contribution in [0.1, 0.15) is 367 Å². The minimum Gasteiger partial charge on any atom is -0.462 e. The third kappa shape index (κ3) is 64.1. The van der Waals surface area contributed by atoms with Crippen molar-refractivity contribution in [2.75, 3.05) is 13.2 Å². The Hall–Kier alpha value is -2.63. The van der Waals surface area contributed by atoms with Crippen LogP contribution in [0.25, 0.3) is 0 Å². The summed E-state index contributed by atoms with van der Waals surface area (Å²) in [6.07, 6.45) is 82.9. The molecule has 0 aromatic carbocycles. The summed E-state index contributed by atoms with van der Waals surface area (Å²) in [5.41, 5.74) is 0. The van der Waals surface area contributed by atoms with E-state index in [1.165, 1.54) is 244 Å². The van der Waals surface area contributed by atoms with E-state index in [4.69, 9.17) is 14.2 Å². The minimum atomic E-state index is -0.785. The van der Waals surface area contributed by atoms with Gasteiger partial charge in [0.2, 0.25) is 0 Å². The smallest absolute Gasteiger partial charge is 0.306 e. The molecular formula is C71H130O6. The molecule has 6 heteroatoms. The molecular weight excluding hydrogens is 949 g/mol. The van der Waals surface area contributed by atoms with Gasteiger partial charge in [0.15, 0.2) is 6.10 Å². The Labute approximate surface area is 479 Å². The van der Waals surface area contributed by atoms with E-state index in [0.29, 0.717) is 19.3 Å². The molecule has 0 radical (unpaired) electrons. The first-order chi connectivity index (χ1) is 38.0. The van der Waals surface area contributed by atoms with Crippen molar-refractivity contribution < 1.29 is 28.6 Å². The Kier molecular flexibility index (Phi) is 63.6. The number of hydrogen-bond donors (Lipinski definition) is 0. The Morgan fingerprint density at radius 2 is 0.506 bits per heavy atom. The zero-order chi connectivity index (χ0) is 55.7. The molecule has 0 amide bonds. The monoisotopic (exact) mass is 1080 g/mol. The molecule has 0 aliphatic carbocycles. The van der Waals surface area contributed by atoms with Crippen LogP contribution in [-0.2, 0) is 28.6 Å². The van der Waals surface area contributed by atoms with Gasteiger partial charge < -0.3 is 14.2 Å². The molecule has 1 atom stereocenters. The number of unbranched alkanes of at least 4 members (excludes halogenated alkanes) is 44. The first kappa shape index (κ1) is 74.4. The van der Waals surface area contributed by atoms with Crippen molar-refractivity contribution in [2.24, 2.45) is 0 Å². The summed E-state index contributed by atoms with van der Waals surface area (Å²) in [6.45, 7) is 6.56. The lowest BCUT2D eigenvalue weighted by Gasteiger charge is -2.18. The van der Waals surface area contributed by atoms with Gasteiger partial charge in [-0.1, -0.05) is 320 Å². The van der Waals surface area contributed by atoms with Crippen LogP contribution in [0.2, 0.25) is 0 Å². The lowest BCUT2D eigenvalue weighted by molar-refractivity contribution is -0.167. The zero-order valence-electron chi connectivity index (χ0n) is 51.7. The van der Waals surface area contributed by atoms with Crippen LogP contribution >= 0.6 is 0 Å². The number of hydrogen-bond acceptors (Lipinski definition) is 6. The number of allylic oxidation sites excluding steroid dienone is 8. The molecule has 0 aromatic rings. The van der Waals surface area contributed by atoms with Crippen LogP contribution in [0, 0.1) is 0 Å². The van der Waals surface area contributed by atoms with Crippen LogP contribution in [0.4, 0.5) is 0 Å². The second-order valence-corrected chi connectivity index (χ2v) is 23.1. The van der Waals surface area contributed by atoms with Crippen LogP contribution in [0.15, 0.2) is 48.6 Å². The van der Waals surface area contributed by atoms with E-state index in [2.05, 4.69) is 69.4 Å². The highest BCUT2D eigenvalue weighted by atomic mass is 16.6. The van der Waals surface area contributed by atoms with Gasteiger partial charge in [0.1, 0.15) is 13.2 Å². The van der Waals surface area contributed by atoms with Gasteiger partial charge >= 0.3 is 17.9 Å². The Balaban J connectivity index is 4.25. The van der Waals surface area contributed by atoms with Gasteiger partial charge in [0, 0.05) is 19.3 Å². The summed E-state index contributed by atoms with van der Waals surface area (Å²) >= 11 is 0. The number of carbonyl (C=O) groups excluding carboxylic acids is 3. The molecule has 0 saturated heterocycles. The molecule has 0 fully saturated rings. The quantitative estimate of drug-likeness (QED) is 0.0261. The molecule has 0 aliphatic rings. The fourth-order valence-electron chi connectivity index (χ4n) is 10.2. The summed E-state index contributed by atoms with van der Waals surface area (Å²) in [5, 5.41) is 0. The van der Waals surface area contributed by atoms with Crippen LogP contribution < -0.4 is 0 Å². The molecule has 77 heavy (non-hydrogen) atoms. The molecule has 450 valence electrons. The van der Waals surface area contributed by atoms with Crippen molar-refractivity contribution >= 4 is 17.9 Å². The summed E-state index contributed by atoms with van der Waals surface area (Å²) in [4.78, 5) is 38.3. The van der Waals surface area contributed by atoms with Gasteiger partial charge in [0.05, 0.1) is 0 Å². The fraction of sp³-hybridized carbons (Fsp3) is 0.845. The number of esters is 3. The van der Waals surface area contributed by atoms with E-state index < -0.39 is 6.10 Å². The van der Waals surface area contributed by atoms with E-state index in [1.54, 1.807) is 0 Å². The Morgan fingerprint density at radius 3 is 0.818 bits per heavy atom. The van der Waals surface area contributed by atoms with Gasteiger partial charge in [-0.25, -0.2) is 0 Å². The van der Waals surface area contributed by atoms with Crippen LogP contribution in [0.3, 0.4) is 0 Å². The van der Waals surface area contributed by atoms with Crippen molar-refractivity contribution in [3.05, 3.63) is 48.6 Å². The predicted octanol–water partition coefficient (Wildman–Crippen LogP) is 23.3. The largest absolute Gasteiger partial charge is 0.462 e. The topological polar surface area (TPSA) is 78.9 Å². The first-order valence-electron chi connectivity index (χ1n) is 34.1. The van der Waals surface area contributed by atoms with Crippen molar-refractivity contribution in [2.45, 2.75) is 374 Å². The summed E-state index contributed by atoms with van der Waals surface area (Å²) in [7, 11) is 0. The van der Waals surface area contributed by atoms with Crippen molar-refractivity contribution in [3.63, 3.8) is 0 Å². The number of carbonyl (C=O) groups is 3. The lowest BCUT2D eigenvalue weighted by atomic mass is 10.0. The van der Waals surface area contributed by atoms with E-state index in [-0.39, 0.29) is 31.1 Å². The van der Waals surface area contributed by atoms with Gasteiger partial charge in [-0.05, 0) is 77.0 Å². The van der Waals surface area contributed by atoms with E-state index in [9.17, 15) is 14.4 Å². The Bertz CT molecular complexity index is 1330. The van der Waals surface area contributed by atoms with Crippen LogP contribution in [-0.4, -0.2) is 37.2 Å². The summed E-state index contributed by atoms with van der Waals surface area (Å²) < 4.78 is 16.9. The molecule has 0 aromatic heterocycles. The average Bonchev–Trinajstić information content (AvgIpc) is 3.43. The maximum Gasteiger partial charge on any atom is 0.306 e. The zero-order valence-corrected chi connectivity index (χ0v) is 51.7. The average molecular weight is 1080 g/mol. The second-order valence-electron chi connectivity index (χ2n) is 23.1. The molecule has 0 spiro atoms. The van der Waals surface area contributed by atoms with E-state index >= 15 is 0 Å². The highest BCUT2D eigenvalue weighted by molar-refractivity contribution is 5.71. The molecule has 6 nitrogen and oxygen atoms in total. The standard InChI is InChI=1S/C71H130O6/c1-4-7-10-13-16-19-22-25-27-29-31-33-34-35-36-38-39-41-43-46-49-52-55-58-61-64-70(73)76-67-68(66-75-69(72)63-60-57-54-51-48-45-24-21-18-15-12-9-6-3)77-71(74)65-62-59-56-53-50-47-44-42-40-37-32-30-28-26-23-20-17-14-11-8-5-2/h9,12,18,21,30,32,45,48,68H,4-8,10-11,13-17,19-20,22-29,31,33-44,46-47,49-67H2,1-3H3/b12-9-,21-18-,32-30-,48-45-. The maximum atomic E-state index is 12.9. The molecule has 0 saturated carbocycles. The highest BCUT2D eigenvalue weighted by Gasteiger charge is 2.19. The van der Waals surface area contributed by atoms with Gasteiger partial charge in [-0.15, -0.1) is 0 Å². The SMILES string of the molecule is CC/C=C\C/C=C\C/C=C\CCCCCC(=O)OCC(COC(=O)CCCCCCCCCCCCCCCCCCCCCCCCCCC)OC(=O)CCCCCCCCCCC/C=C\CCCCCCCCCC. The second kappa shape index (κ2) is 65.9. The van der Waals surface area contributed by atoms with E-state index in [1.807, 2.05) is 0 Å². The third-order valence-electron chi connectivity index (χ3n) is 15.3. The first-order valence-corrected chi connectivity index (χ1v) is 34.1. The summed E-state index contributed by atoms with van der Waals surface area (Å²) in [5.74, 6) is -0.889. The Morgan fingerprint density at radius 1 is 0.273 bits per heavy atom. The molecule has 0 heterocycles. The highest BCUT2D eigenvalue weighted by Crippen LogP contribution is 2.18. The molecule has 0 aliphatic heterocycles. The molecule has 0 rings (SSSR count). The van der Waals surface area contributed by atoms with Crippen molar-refractivity contribution in [1.82, 2.24) is 0 Å².